The molecule has 1 fully saturated rings. The number of nitrogens with zero attached hydrogens (tertiary/aromatic N) is 6. The summed E-state index contributed by atoms with van der Waals surface area (Å²) in [7, 11) is 3.36. The minimum Gasteiger partial charge on any atom is -0.497 e. The number of hydrogen-bond donors (Lipinski definition) is 0. The van der Waals surface area contributed by atoms with Gasteiger partial charge in [0.1, 0.15) is 17.5 Å². The van der Waals surface area contributed by atoms with Gasteiger partial charge in [0.15, 0.2) is 5.82 Å². The first-order chi connectivity index (χ1) is 15.9. The van der Waals surface area contributed by atoms with Gasteiger partial charge < -0.3 is 9.47 Å². The first-order valence-electron chi connectivity index (χ1n) is 11.4. The van der Waals surface area contributed by atoms with Crippen LogP contribution in [0.5, 0.6) is 11.5 Å². The molecule has 1 aliphatic rings. The van der Waals surface area contributed by atoms with Gasteiger partial charge in [-0.3, -0.25) is 9.80 Å². The quantitative estimate of drug-likeness (QED) is 0.547. The summed E-state index contributed by atoms with van der Waals surface area (Å²) < 4.78 is 13.1. The monoisotopic (exact) mass is 450 g/mol. The molecule has 3 aromatic rings. The minimum atomic E-state index is -0.244. The molecular weight excluding hydrogens is 416 g/mol. The van der Waals surface area contributed by atoms with Gasteiger partial charge in [0, 0.05) is 44.4 Å². The van der Waals surface area contributed by atoms with Gasteiger partial charge >= 0.3 is 0 Å². The maximum atomic E-state index is 5.79. The third-order valence-corrected chi connectivity index (χ3v) is 6.13. The maximum absolute atomic E-state index is 5.79. The highest BCUT2D eigenvalue weighted by Gasteiger charge is 2.35. The summed E-state index contributed by atoms with van der Waals surface area (Å²) >= 11 is 0. The zero-order valence-electron chi connectivity index (χ0n) is 20.2. The molecule has 8 heteroatoms. The van der Waals surface area contributed by atoms with E-state index < -0.39 is 0 Å². The largest absolute Gasteiger partial charge is 0.497 e. The van der Waals surface area contributed by atoms with Gasteiger partial charge in [-0.1, -0.05) is 30.3 Å². The van der Waals surface area contributed by atoms with E-state index in [9.17, 15) is 0 Å². The van der Waals surface area contributed by atoms with Crippen LogP contribution in [0.25, 0.3) is 0 Å². The highest BCUT2D eigenvalue weighted by atomic mass is 16.5. The molecule has 8 nitrogen and oxygen atoms in total. The molecule has 0 saturated carbocycles. The lowest BCUT2D eigenvalue weighted by Crippen LogP contribution is -2.48. The fourth-order valence-electron chi connectivity index (χ4n) is 4.41. The molecule has 0 spiro atoms. The molecule has 1 saturated heterocycles. The van der Waals surface area contributed by atoms with Crippen molar-refractivity contribution in [3.63, 3.8) is 0 Å². The fraction of sp³-hybridized carbons (Fsp3) is 0.480. The average molecular weight is 451 g/mol. The molecular formula is C25H34N6O2. The van der Waals surface area contributed by atoms with Crippen molar-refractivity contribution >= 4 is 0 Å². The Morgan fingerprint density at radius 3 is 2.30 bits per heavy atom. The van der Waals surface area contributed by atoms with Gasteiger partial charge in [-0.15, -0.1) is 5.10 Å². The molecule has 176 valence electrons. The lowest BCUT2D eigenvalue weighted by Gasteiger charge is -2.39. The number of methoxy groups -OCH3 is 2. The van der Waals surface area contributed by atoms with Crippen molar-refractivity contribution in [3.8, 4) is 11.5 Å². The summed E-state index contributed by atoms with van der Waals surface area (Å²) in [4.78, 5) is 4.96. The van der Waals surface area contributed by atoms with Crippen LogP contribution in [0.15, 0.2) is 48.5 Å². The lowest BCUT2D eigenvalue weighted by atomic mass is 10.00. The van der Waals surface area contributed by atoms with Crippen molar-refractivity contribution in [2.45, 2.75) is 38.9 Å². The number of hydrogen-bond acceptors (Lipinski definition) is 7. The summed E-state index contributed by atoms with van der Waals surface area (Å²) in [5.74, 6) is 2.36. The number of piperazine rings is 1. The normalized spacial score (nSPS) is 16.5. The lowest BCUT2D eigenvalue weighted by molar-refractivity contribution is 0.0969. The summed E-state index contributed by atoms with van der Waals surface area (Å²) in [6.07, 6.45) is 0. The first kappa shape index (κ1) is 23.2. The van der Waals surface area contributed by atoms with Crippen LogP contribution < -0.4 is 9.47 Å². The molecule has 2 heterocycles. The van der Waals surface area contributed by atoms with Crippen molar-refractivity contribution in [2.24, 2.45) is 0 Å². The van der Waals surface area contributed by atoms with Crippen LogP contribution in [0.3, 0.4) is 0 Å². The Morgan fingerprint density at radius 1 is 0.939 bits per heavy atom. The van der Waals surface area contributed by atoms with Crippen LogP contribution in [0.1, 0.15) is 43.8 Å². The van der Waals surface area contributed by atoms with Gasteiger partial charge in [0.25, 0.3) is 0 Å². The topological polar surface area (TPSA) is 68.5 Å². The molecule has 0 amide bonds. The van der Waals surface area contributed by atoms with Gasteiger partial charge in [-0.25, -0.2) is 4.68 Å². The number of tetrazole rings is 1. The van der Waals surface area contributed by atoms with E-state index in [1.54, 1.807) is 14.2 Å². The predicted octanol–water partition coefficient (Wildman–Crippen LogP) is 3.35. The molecule has 1 atom stereocenters. The number of rotatable bonds is 7. The smallest absolute Gasteiger partial charge is 0.173 e. The van der Waals surface area contributed by atoms with E-state index in [4.69, 9.17) is 9.47 Å². The summed E-state index contributed by atoms with van der Waals surface area (Å²) in [6, 6.07) is 16.5. The van der Waals surface area contributed by atoms with E-state index in [2.05, 4.69) is 82.5 Å². The second-order valence-corrected chi connectivity index (χ2v) is 9.43. The SMILES string of the molecule is COc1ccc(C(c2nnnn2C(C)(C)C)N2CCN(Cc3ccccc3)CC2)c(OC)c1. The zero-order chi connectivity index (χ0) is 23.4. The molecule has 0 bridgehead atoms. The molecule has 33 heavy (non-hydrogen) atoms. The highest BCUT2D eigenvalue weighted by molar-refractivity contribution is 5.44. The Balaban J connectivity index is 1.64. The highest BCUT2D eigenvalue weighted by Crippen LogP contribution is 2.37. The van der Waals surface area contributed by atoms with Crippen molar-refractivity contribution < 1.29 is 9.47 Å². The standard InChI is InChI=1S/C25H34N6O2/c1-25(2,3)31-24(26-27-28-31)23(21-12-11-20(32-4)17-22(21)33-5)30-15-13-29(14-16-30)18-19-9-7-6-8-10-19/h6-12,17,23H,13-16,18H2,1-5H3. The Labute approximate surface area is 196 Å². The van der Waals surface area contributed by atoms with Gasteiger partial charge in [0.2, 0.25) is 0 Å². The Morgan fingerprint density at radius 2 is 1.67 bits per heavy atom. The van der Waals surface area contributed by atoms with Crippen LogP contribution in [0.4, 0.5) is 0 Å². The fourth-order valence-corrected chi connectivity index (χ4v) is 4.41. The second-order valence-electron chi connectivity index (χ2n) is 9.43. The van der Waals surface area contributed by atoms with E-state index in [-0.39, 0.29) is 11.6 Å². The number of benzene rings is 2. The number of aromatic nitrogens is 4. The summed E-state index contributed by atoms with van der Waals surface area (Å²) in [6.45, 7) is 11.1. The molecule has 4 rings (SSSR count). The maximum Gasteiger partial charge on any atom is 0.173 e. The van der Waals surface area contributed by atoms with Crippen molar-refractivity contribution in [2.75, 3.05) is 40.4 Å². The zero-order valence-corrected chi connectivity index (χ0v) is 20.2. The van der Waals surface area contributed by atoms with Gasteiger partial charge in [0.05, 0.1) is 19.8 Å². The second kappa shape index (κ2) is 9.89. The van der Waals surface area contributed by atoms with Crippen LogP contribution in [0.2, 0.25) is 0 Å². The summed E-state index contributed by atoms with van der Waals surface area (Å²) in [5, 5.41) is 12.9. The Bertz CT molecular complexity index is 1040. The Kier molecular flexibility index (Phi) is 6.95. The Hall–Kier alpha value is -2.97. The van der Waals surface area contributed by atoms with Gasteiger partial charge in [-0.2, -0.15) is 0 Å². The minimum absolute atomic E-state index is 0.126. The third kappa shape index (κ3) is 5.17. The number of ether oxygens (including phenoxy) is 2. The van der Waals surface area contributed by atoms with E-state index in [0.717, 1.165) is 55.6 Å². The van der Waals surface area contributed by atoms with E-state index >= 15 is 0 Å². The van der Waals surface area contributed by atoms with Crippen LogP contribution >= 0.6 is 0 Å². The van der Waals surface area contributed by atoms with Crippen molar-refractivity contribution in [1.29, 1.82) is 0 Å². The molecule has 0 radical (unpaired) electrons. The molecule has 2 aromatic carbocycles. The molecule has 1 unspecified atom stereocenters. The molecule has 0 aliphatic carbocycles. The van der Waals surface area contributed by atoms with E-state index in [1.807, 2.05) is 16.8 Å². The van der Waals surface area contributed by atoms with Crippen molar-refractivity contribution in [1.82, 2.24) is 30.0 Å². The van der Waals surface area contributed by atoms with Crippen molar-refractivity contribution in [3.05, 3.63) is 65.5 Å². The molecule has 1 aromatic heterocycles. The van der Waals surface area contributed by atoms with E-state index in [0.29, 0.717) is 0 Å². The molecule has 0 N–H and O–H groups in total. The van der Waals surface area contributed by atoms with E-state index in [1.165, 1.54) is 5.56 Å². The predicted molar refractivity (Wildman–Crippen MR) is 127 cm³/mol. The van der Waals surface area contributed by atoms with Crippen LogP contribution in [-0.4, -0.2) is 70.4 Å². The first-order valence-corrected chi connectivity index (χ1v) is 11.4. The van der Waals surface area contributed by atoms with Crippen LogP contribution in [0, 0.1) is 0 Å². The van der Waals surface area contributed by atoms with Crippen LogP contribution in [-0.2, 0) is 12.1 Å². The summed E-state index contributed by atoms with van der Waals surface area (Å²) in [5.41, 5.74) is 2.14. The average Bonchev–Trinajstić information content (AvgIpc) is 3.31. The van der Waals surface area contributed by atoms with Gasteiger partial charge in [-0.05, 0) is 48.9 Å². The third-order valence-electron chi connectivity index (χ3n) is 6.13. The molecule has 1 aliphatic heterocycles.